The largest absolute Gasteiger partial charge is 0.428 e. The van der Waals surface area contributed by atoms with Crippen molar-refractivity contribution >= 4 is 12.0 Å². The quantitative estimate of drug-likeness (QED) is 0.598. The third-order valence-corrected chi connectivity index (χ3v) is 2.43. The first kappa shape index (κ1) is 12.1. The molecule has 0 fully saturated rings. The lowest BCUT2D eigenvalue weighted by Crippen LogP contribution is -2.03. The number of benzene rings is 2. The molecule has 0 unspecified atom stereocenters. The molecule has 0 saturated carbocycles. The predicted molar refractivity (Wildman–Crippen MR) is 72.0 cm³/mol. The molecule has 0 aromatic heterocycles. The number of carbonyl (C=O) groups excluding carboxylic acids is 1. The zero-order chi connectivity index (χ0) is 12.8. The Kier molecular flexibility index (Phi) is 3.92. The van der Waals surface area contributed by atoms with E-state index < -0.39 is 0 Å². The molecule has 0 atom stereocenters. The molecule has 2 aromatic rings. The van der Waals surface area contributed by atoms with Crippen molar-refractivity contribution < 1.29 is 9.53 Å². The summed E-state index contributed by atoms with van der Waals surface area (Å²) in [7, 11) is 0. The Labute approximate surface area is 107 Å². The van der Waals surface area contributed by atoms with E-state index in [1.54, 1.807) is 19.1 Å². The summed E-state index contributed by atoms with van der Waals surface area (Å²) in [5.74, 6) is 0.246. The van der Waals surface area contributed by atoms with Crippen LogP contribution in [-0.2, 0) is 4.74 Å². The molecule has 0 heterocycles. The smallest absolute Gasteiger partial charge is 0.343 e. The molecule has 0 N–H and O–H groups in total. The minimum Gasteiger partial charge on any atom is -0.428 e. The summed E-state index contributed by atoms with van der Waals surface area (Å²) in [4.78, 5) is 11.8. The second-order valence-corrected chi connectivity index (χ2v) is 3.92. The van der Waals surface area contributed by atoms with Crippen LogP contribution in [0.1, 0.15) is 22.8 Å². The van der Waals surface area contributed by atoms with Crippen LogP contribution in [0, 0.1) is 0 Å². The van der Waals surface area contributed by atoms with Crippen LogP contribution in [0.4, 0.5) is 0 Å². The normalized spacial score (nSPS) is 11.1. The first-order valence-electron chi connectivity index (χ1n) is 5.76. The van der Waals surface area contributed by atoms with Crippen molar-refractivity contribution in [1.29, 1.82) is 0 Å². The molecule has 0 bridgehead atoms. The first-order valence-corrected chi connectivity index (χ1v) is 5.76. The van der Waals surface area contributed by atoms with E-state index in [4.69, 9.17) is 4.74 Å². The van der Waals surface area contributed by atoms with E-state index in [-0.39, 0.29) is 5.97 Å². The monoisotopic (exact) mass is 238 g/mol. The highest BCUT2D eigenvalue weighted by molar-refractivity contribution is 5.90. The molecule has 0 saturated heterocycles. The third-order valence-electron chi connectivity index (χ3n) is 2.43. The summed E-state index contributed by atoms with van der Waals surface area (Å²) in [6.45, 7) is 1.77. The van der Waals surface area contributed by atoms with Gasteiger partial charge in [-0.05, 0) is 30.7 Å². The van der Waals surface area contributed by atoms with E-state index in [1.807, 2.05) is 54.6 Å². The molecule has 2 nitrogen and oxygen atoms in total. The van der Waals surface area contributed by atoms with Gasteiger partial charge in [-0.25, -0.2) is 4.79 Å². The maximum Gasteiger partial charge on any atom is 0.343 e. The highest BCUT2D eigenvalue weighted by Gasteiger charge is 2.06. The standard InChI is InChI=1S/C16H14O2/c1-13(12-14-8-4-2-5-9-14)18-16(17)15-10-6-3-7-11-15/h2-12H,1H3/b13-12-. The average molecular weight is 238 g/mol. The van der Waals surface area contributed by atoms with Gasteiger partial charge in [0, 0.05) is 0 Å². The van der Waals surface area contributed by atoms with Crippen LogP contribution in [0.25, 0.3) is 6.08 Å². The lowest BCUT2D eigenvalue weighted by Gasteiger charge is -2.04. The third kappa shape index (κ3) is 3.32. The van der Waals surface area contributed by atoms with Crippen molar-refractivity contribution in [2.24, 2.45) is 0 Å². The molecular formula is C16H14O2. The minimum atomic E-state index is -0.333. The number of allylic oxidation sites excluding steroid dienone is 1. The van der Waals surface area contributed by atoms with Crippen LogP contribution in [0.3, 0.4) is 0 Å². The summed E-state index contributed by atoms with van der Waals surface area (Å²) < 4.78 is 5.26. The molecular weight excluding hydrogens is 224 g/mol. The molecule has 0 aliphatic rings. The fourth-order valence-corrected chi connectivity index (χ4v) is 1.59. The van der Waals surface area contributed by atoms with Crippen LogP contribution >= 0.6 is 0 Å². The number of hydrogen-bond donors (Lipinski definition) is 0. The summed E-state index contributed by atoms with van der Waals surface area (Å²) in [6.07, 6.45) is 1.83. The Morgan fingerprint density at radius 3 is 2.11 bits per heavy atom. The number of esters is 1. The highest BCUT2D eigenvalue weighted by atomic mass is 16.5. The lowest BCUT2D eigenvalue weighted by atomic mass is 10.2. The molecule has 18 heavy (non-hydrogen) atoms. The number of carbonyl (C=O) groups is 1. The fourth-order valence-electron chi connectivity index (χ4n) is 1.59. The molecule has 0 amide bonds. The lowest BCUT2D eigenvalue weighted by molar-refractivity contribution is 0.0629. The maximum absolute atomic E-state index is 11.8. The molecule has 0 aliphatic heterocycles. The van der Waals surface area contributed by atoms with Crippen molar-refractivity contribution in [2.45, 2.75) is 6.92 Å². The van der Waals surface area contributed by atoms with Crippen LogP contribution in [0.2, 0.25) is 0 Å². The van der Waals surface area contributed by atoms with Gasteiger partial charge >= 0.3 is 5.97 Å². The molecule has 0 aliphatic carbocycles. The van der Waals surface area contributed by atoms with Gasteiger partial charge in [-0.15, -0.1) is 0 Å². The van der Waals surface area contributed by atoms with Gasteiger partial charge < -0.3 is 4.74 Å². The predicted octanol–water partition coefficient (Wildman–Crippen LogP) is 3.90. The first-order chi connectivity index (χ1) is 8.75. The topological polar surface area (TPSA) is 26.3 Å². The van der Waals surface area contributed by atoms with Gasteiger partial charge in [-0.1, -0.05) is 48.5 Å². The Hall–Kier alpha value is -2.35. The van der Waals surface area contributed by atoms with Crippen LogP contribution in [0.5, 0.6) is 0 Å². The Bertz CT molecular complexity index is 542. The molecule has 2 aromatic carbocycles. The molecule has 0 spiro atoms. The van der Waals surface area contributed by atoms with Crippen molar-refractivity contribution in [2.75, 3.05) is 0 Å². The fraction of sp³-hybridized carbons (Fsp3) is 0.0625. The Morgan fingerprint density at radius 2 is 1.50 bits per heavy atom. The maximum atomic E-state index is 11.8. The van der Waals surface area contributed by atoms with Gasteiger partial charge in [0.2, 0.25) is 0 Å². The van der Waals surface area contributed by atoms with Gasteiger partial charge in [0.15, 0.2) is 0 Å². The number of ether oxygens (including phenoxy) is 1. The second-order valence-electron chi connectivity index (χ2n) is 3.92. The SMILES string of the molecule is C/C(=C/c1ccccc1)OC(=O)c1ccccc1. The van der Waals surface area contributed by atoms with Crippen LogP contribution in [-0.4, -0.2) is 5.97 Å². The van der Waals surface area contributed by atoms with Crippen molar-refractivity contribution in [3.8, 4) is 0 Å². The van der Waals surface area contributed by atoms with Crippen LogP contribution in [0.15, 0.2) is 66.4 Å². The minimum absolute atomic E-state index is 0.333. The van der Waals surface area contributed by atoms with E-state index in [1.165, 1.54) is 0 Å². The van der Waals surface area contributed by atoms with E-state index >= 15 is 0 Å². The van der Waals surface area contributed by atoms with Gasteiger partial charge in [-0.2, -0.15) is 0 Å². The summed E-state index contributed by atoms with van der Waals surface area (Å²) >= 11 is 0. The van der Waals surface area contributed by atoms with Gasteiger partial charge in [0.1, 0.15) is 5.76 Å². The Balaban J connectivity index is 2.06. The molecule has 2 heteroatoms. The zero-order valence-electron chi connectivity index (χ0n) is 10.2. The highest BCUT2D eigenvalue weighted by Crippen LogP contribution is 2.10. The van der Waals surface area contributed by atoms with E-state index in [0.717, 1.165) is 5.56 Å². The van der Waals surface area contributed by atoms with Crippen molar-refractivity contribution in [3.05, 3.63) is 77.5 Å². The van der Waals surface area contributed by atoms with Gasteiger partial charge in [0.05, 0.1) is 5.56 Å². The molecule has 2 rings (SSSR count). The van der Waals surface area contributed by atoms with Gasteiger partial charge in [0.25, 0.3) is 0 Å². The zero-order valence-corrected chi connectivity index (χ0v) is 10.2. The van der Waals surface area contributed by atoms with Crippen LogP contribution < -0.4 is 0 Å². The second kappa shape index (κ2) is 5.82. The van der Waals surface area contributed by atoms with E-state index in [9.17, 15) is 4.79 Å². The average Bonchev–Trinajstić information content (AvgIpc) is 2.40. The van der Waals surface area contributed by atoms with Crippen molar-refractivity contribution in [1.82, 2.24) is 0 Å². The summed E-state index contributed by atoms with van der Waals surface area (Å²) in [5.41, 5.74) is 1.56. The number of rotatable bonds is 3. The molecule has 90 valence electrons. The van der Waals surface area contributed by atoms with E-state index in [0.29, 0.717) is 11.3 Å². The Morgan fingerprint density at radius 1 is 0.944 bits per heavy atom. The summed E-state index contributed by atoms with van der Waals surface area (Å²) in [6, 6.07) is 18.7. The van der Waals surface area contributed by atoms with Crippen molar-refractivity contribution in [3.63, 3.8) is 0 Å². The molecule has 0 radical (unpaired) electrons. The van der Waals surface area contributed by atoms with Gasteiger partial charge in [-0.3, -0.25) is 0 Å². The summed E-state index contributed by atoms with van der Waals surface area (Å²) in [5, 5.41) is 0. The van der Waals surface area contributed by atoms with E-state index in [2.05, 4.69) is 0 Å². The number of hydrogen-bond acceptors (Lipinski definition) is 2.